The molecule has 7 nitrogen and oxygen atoms in total. The minimum atomic E-state index is -0.768. The van der Waals surface area contributed by atoms with E-state index in [4.69, 9.17) is 0 Å². The Morgan fingerprint density at radius 3 is 2.52 bits per heavy atom. The first-order chi connectivity index (χ1) is 15.8. The van der Waals surface area contributed by atoms with Crippen molar-refractivity contribution in [1.29, 1.82) is 0 Å². The second-order valence-corrected chi connectivity index (χ2v) is 9.31. The van der Waals surface area contributed by atoms with E-state index in [2.05, 4.69) is 10.6 Å². The summed E-state index contributed by atoms with van der Waals surface area (Å²) < 4.78 is 13.4. The van der Waals surface area contributed by atoms with Crippen molar-refractivity contribution in [2.24, 2.45) is 0 Å². The molecule has 9 heteroatoms. The van der Waals surface area contributed by atoms with E-state index in [-0.39, 0.29) is 28.4 Å². The van der Waals surface area contributed by atoms with Gasteiger partial charge in [0.1, 0.15) is 11.9 Å². The molecule has 1 aliphatic rings. The highest BCUT2D eigenvalue weighted by Gasteiger charge is 2.36. The van der Waals surface area contributed by atoms with Gasteiger partial charge in [-0.1, -0.05) is 31.0 Å². The summed E-state index contributed by atoms with van der Waals surface area (Å²) in [6.45, 7) is 0.403. The molecule has 0 heterocycles. The van der Waals surface area contributed by atoms with Crippen LogP contribution >= 0.6 is 11.8 Å². The highest BCUT2D eigenvalue weighted by molar-refractivity contribution is 7.98. The van der Waals surface area contributed by atoms with E-state index in [0.717, 1.165) is 31.2 Å². The van der Waals surface area contributed by atoms with Gasteiger partial charge in [-0.3, -0.25) is 19.7 Å². The van der Waals surface area contributed by atoms with Gasteiger partial charge in [-0.05, 0) is 55.0 Å². The van der Waals surface area contributed by atoms with Crippen molar-refractivity contribution in [3.63, 3.8) is 0 Å². The van der Waals surface area contributed by atoms with Gasteiger partial charge < -0.3 is 10.6 Å². The van der Waals surface area contributed by atoms with Gasteiger partial charge in [0, 0.05) is 29.7 Å². The molecule has 2 N–H and O–H groups in total. The second-order valence-electron chi connectivity index (χ2n) is 8.33. The summed E-state index contributed by atoms with van der Waals surface area (Å²) >= 11 is 1.56. The van der Waals surface area contributed by atoms with Gasteiger partial charge >= 0.3 is 0 Å². The summed E-state index contributed by atoms with van der Waals surface area (Å²) in [5.41, 5.74) is 0.695. The lowest BCUT2D eigenvalue weighted by atomic mass is 9.78. The van der Waals surface area contributed by atoms with E-state index < -0.39 is 16.9 Å². The van der Waals surface area contributed by atoms with E-state index in [1.807, 2.05) is 6.26 Å². The highest BCUT2D eigenvalue weighted by Crippen LogP contribution is 2.40. The van der Waals surface area contributed by atoms with Crippen molar-refractivity contribution >= 4 is 29.3 Å². The Morgan fingerprint density at radius 2 is 1.88 bits per heavy atom. The number of amides is 2. The van der Waals surface area contributed by atoms with E-state index in [0.29, 0.717) is 18.7 Å². The molecule has 2 aromatic carbocycles. The third-order valence-corrected chi connectivity index (χ3v) is 6.81. The van der Waals surface area contributed by atoms with Crippen LogP contribution in [0, 0.1) is 15.9 Å². The number of nitro groups is 1. The molecule has 1 saturated carbocycles. The second kappa shape index (κ2) is 11.3. The number of benzene rings is 2. The Bertz CT molecular complexity index is 993. The number of carbonyl (C=O) groups excluding carboxylic acids is 2. The first-order valence-corrected chi connectivity index (χ1v) is 12.3. The molecule has 0 aliphatic heterocycles. The molecule has 0 aromatic heterocycles. The predicted molar refractivity (Wildman–Crippen MR) is 127 cm³/mol. The van der Waals surface area contributed by atoms with Gasteiger partial charge in [-0.25, -0.2) is 4.39 Å². The number of halogens is 1. The summed E-state index contributed by atoms with van der Waals surface area (Å²) in [5.74, 6) is -0.460. The molecular formula is C24H28FN3O4S. The molecule has 0 bridgehead atoms. The Hall–Kier alpha value is -2.94. The Kier molecular flexibility index (Phi) is 8.43. The van der Waals surface area contributed by atoms with Crippen molar-refractivity contribution in [2.45, 2.75) is 43.6 Å². The van der Waals surface area contributed by atoms with Crippen LogP contribution in [0.1, 0.15) is 48.0 Å². The van der Waals surface area contributed by atoms with Crippen molar-refractivity contribution in [3.05, 3.63) is 75.6 Å². The van der Waals surface area contributed by atoms with Crippen molar-refractivity contribution < 1.29 is 18.9 Å². The molecule has 1 fully saturated rings. The van der Waals surface area contributed by atoms with Crippen molar-refractivity contribution in [1.82, 2.24) is 10.6 Å². The van der Waals surface area contributed by atoms with Gasteiger partial charge in [0.15, 0.2) is 0 Å². The fourth-order valence-corrected chi connectivity index (χ4v) is 4.78. The van der Waals surface area contributed by atoms with Gasteiger partial charge in [0.05, 0.1) is 4.92 Å². The molecule has 0 spiro atoms. The molecule has 1 aliphatic carbocycles. The van der Waals surface area contributed by atoms with Crippen LogP contribution in [0.25, 0.3) is 0 Å². The van der Waals surface area contributed by atoms with E-state index in [1.165, 1.54) is 36.4 Å². The standard InChI is InChI=1S/C24H28FN3O4S/c1-33-14-11-21(27-22(29)17-5-4-6-20(15-17)28(31)32)23(30)26-16-24(12-2-3-13-24)18-7-9-19(25)10-8-18/h4-10,15,21H,2-3,11-14,16H2,1H3,(H,26,30)(H,27,29). The van der Waals surface area contributed by atoms with Gasteiger partial charge in [-0.2, -0.15) is 11.8 Å². The maximum absolute atomic E-state index is 13.4. The summed E-state index contributed by atoms with van der Waals surface area (Å²) in [6.07, 6.45) is 6.21. The molecule has 33 heavy (non-hydrogen) atoms. The third kappa shape index (κ3) is 6.31. The number of nitro benzene ring substituents is 1. The number of thioether (sulfide) groups is 1. The summed E-state index contributed by atoms with van der Waals surface area (Å²) in [6, 6.07) is 11.1. The molecule has 0 saturated heterocycles. The minimum absolute atomic E-state index is 0.129. The first kappa shape index (κ1) is 24.7. The normalized spacial score (nSPS) is 15.6. The zero-order valence-corrected chi connectivity index (χ0v) is 19.3. The maximum Gasteiger partial charge on any atom is 0.270 e. The molecule has 3 rings (SSSR count). The van der Waals surface area contributed by atoms with Crippen LogP contribution in [0.3, 0.4) is 0 Å². The number of nitrogens with zero attached hydrogens (tertiary/aromatic N) is 1. The lowest BCUT2D eigenvalue weighted by Crippen LogP contribution is -2.50. The molecule has 0 radical (unpaired) electrons. The molecule has 2 amide bonds. The summed E-state index contributed by atoms with van der Waals surface area (Å²) in [5, 5.41) is 16.8. The largest absolute Gasteiger partial charge is 0.353 e. The van der Waals surface area contributed by atoms with E-state index in [1.54, 1.807) is 23.9 Å². The van der Waals surface area contributed by atoms with Crippen LogP contribution in [0.2, 0.25) is 0 Å². The number of rotatable bonds is 10. The maximum atomic E-state index is 13.4. The van der Waals surface area contributed by atoms with Crippen molar-refractivity contribution in [3.8, 4) is 0 Å². The van der Waals surface area contributed by atoms with Gasteiger partial charge in [-0.15, -0.1) is 0 Å². The van der Waals surface area contributed by atoms with Crippen LogP contribution in [-0.2, 0) is 10.2 Å². The molecule has 1 unspecified atom stereocenters. The number of nitrogens with one attached hydrogen (secondary N) is 2. The third-order valence-electron chi connectivity index (χ3n) is 6.17. The monoisotopic (exact) mass is 473 g/mol. The molecule has 1 atom stereocenters. The summed E-state index contributed by atoms with van der Waals surface area (Å²) in [4.78, 5) is 36.2. The lowest BCUT2D eigenvalue weighted by molar-refractivity contribution is -0.384. The zero-order chi connectivity index (χ0) is 23.8. The van der Waals surface area contributed by atoms with E-state index >= 15 is 0 Å². The smallest absolute Gasteiger partial charge is 0.270 e. The average molecular weight is 474 g/mol. The molecular weight excluding hydrogens is 445 g/mol. The van der Waals surface area contributed by atoms with Crippen LogP contribution in [-0.4, -0.2) is 41.3 Å². The average Bonchev–Trinajstić information content (AvgIpc) is 3.30. The zero-order valence-electron chi connectivity index (χ0n) is 18.5. The van der Waals surface area contributed by atoms with Crippen LogP contribution in [0.5, 0.6) is 0 Å². The fourth-order valence-electron chi connectivity index (χ4n) is 4.31. The number of non-ortho nitro benzene ring substituents is 1. The quantitative estimate of drug-likeness (QED) is 0.398. The number of carbonyl (C=O) groups is 2. The van der Waals surface area contributed by atoms with Crippen molar-refractivity contribution in [2.75, 3.05) is 18.6 Å². The SMILES string of the molecule is CSCCC(NC(=O)c1cccc([N+](=O)[O-])c1)C(=O)NCC1(c2ccc(F)cc2)CCCC1. The lowest BCUT2D eigenvalue weighted by Gasteiger charge is -2.31. The summed E-state index contributed by atoms with van der Waals surface area (Å²) in [7, 11) is 0. The number of hydrogen-bond acceptors (Lipinski definition) is 5. The highest BCUT2D eigenvalue weighted by atomic mass is 32.2. The topological polar surface area (TPSA) is 101 Å². The van der Waals surface area contributed by atoms with Crippen LogP contribution in [0.15, 0.2) is 48.5 Å². The van der Waals surface area contributed by atoms with Crippen LogP contribution in [0.4, 0.5) is 10.1 Å². The fraction of sp³-hybridized carbons (Fsp3) is 0.417. The molecule has 176 valence electrons. The first-order valence-electron chi connectivity index (χ1n) is 10.9. The Labute approximate surface area is 196 Å². The van der Waals surface area contributed by atoms with Crippen LogP contribution < -0.4 is 10.6 Å². The van der Waals surface area contributed by atoms with Gasteiger partial charge in [0.25, 0.3) is 11.6 Å². The minimum Gasteiger partial charge on any atom is -0.353 e. The number of hydrogen-bond donors (Lipinski definition) is 2. The van der Waals surface area contributed by atoms with E-state index in [9.17, 15) is 24.1 Å². The molecule has 2 aromatic rings. The predicted octanol–water partition coefficient (Wildman–Crippen LogP) is 4.21. The van der Waals surface area contributed by atoms with Gasteiger partial charge in [0.2, 0.25) is 5.91 Å². The Balaban J connectivity index is 1.70. The Morgan fingerprint density at radius 1 is 1.18 bits per heavy atom.